The monoisotopic (exact) mass is 312 g/mol. The Labute approximate surface area is 137 Å². The molecule has 5 nitrogen and oxygen atoms in total. The Morgan fingerprint density at radius 1 is 1.35 bits per heavy atom. The predicted molar refractivity (Wildman–Crippen MR) is 91.4 cm³/mol. The van der Waals surface area contributed by atoms with Crippen LogP contribution in [0.2, 0.25) is 0 Å². The fourth-order valence-electron chi connectivity index (χ4n) is 3.46. The molecular weight excluding hydrogens is 288 g/mol. The van der Waals surface area contributed by atoms with Crippen LogP contribution in [0.25, 0.3) is 0 Å². The van der Waals surface area contributed by atoms with E-state index in [0.29, 0.717) is 11.8 Å². The molecule has 2 aromatic rings. The van der Waals surface area contributed by atoms with Crippen LogP contribution in [0.4, 0.5) is 10.5 Å². The second-order valence-electron chi connectivity index (χ2n) is 6.25. The average molecular weight is 312 g/mol. The van der Waals surface area contributed by atoms with Crippen LogP contribution in [0.15, 0.2) is 42.7 Å². The van der Waals surface area contributed by atoms with Crippen molar-refractivity contribution in [3.05, 3.63) is 48.3 Å². The number of aryl methyl sites for hydroxylation is 1. The van der Waals surface area contributed by atoms with Crippen LogP contribution >= 0.6 is 0 Å². The topological polar surface area (TPSA) is 50.2 Å². The van der Waals surface area contributed by atoms with Crippen molar-refractivity contribution in [2.45, 2.75) is 25.7 Å². The van der Waals surface area contributed by atoms with E-state index < -0.39 is 0 Å². The lowest BCUT2D eigenvalue weighted by Gasteiger charge is -2.38. The van der Waals surface area contributed by atoms with Crippen LogP contribution < -0.4 is 5.32 Å². The van der Waals surface area contributed by atoms with E-state index >= 15 is 0 Å². The summed E-state index contributed by atoms with van der Waals surface area (Å²) in [5.74, 6) is 1.05. The molecule has 1 fully saturated rings. The Morgan fingerprint density at radius 2 is 2.13 bits per heavy atom. The number of rotatable bonds is 3. The average Bonchev–Trinajstić information content (AvgIpc) is 3.00. The molecule has 0 radical (unpaired) electrons. The molecule has 0 saturated carbocycles. The number of amides is 2. The summed E-state index contributed by atoms with van der Waals surface area (Å²) in [7, 11) is 1.84. The number of hydrogen-bond acceptors (Lipinski definition) is 2. The highest BCUT2D eigenvalue weighted by Crippen LogP contribution is 2.34. The summed E-state index contributed by atoms with van der Waals surface area (Å²) in [6.45, 7) is 3.81. The number of aromatic nitrogens is 2. The smallest absolute Gasteiger partial charge is 0.321 e. The van der Waals surface area contributed by atoms with E-state index in [9.17, 15) is 4.79 Å². The van der Waals surface area contributed by atoms with Gasteiger partial charge in [0.25, 0.3) is 0 Å². The number of hydrogen-bond donors (Lipinski definition) is 1. The number of piperidine rings is 1. The van der Waals surface area contributed by atoms with Crippen molar-refractivity contribution in [1.29, 1.82) is 0 Å². The van der Waals surface area contributed by atoms with Crippen LogP contribution in [-0.2, 0) is 7.05 Å². The molecule has 3 rings (SSSR count). The lowest BCUT2D eigenvalue weighted by Crippen LogP contribution is -2.44. The third kappa shape index (κ3) is 3.55. The Morgan fingerprint density at radius 3 is 2.78 bits per heavy atom. The first-order valence-corrected chi connectivity index (χ1v) is 8.27. The molecule has 1 saturated heterocycles. The summed E-state index contributed by atoms with van der Waals surface area (Å²) < 4.78 is 1.69. The summed E-state index contributed by atoms with van der Waals surface area (Å²) in [4.78, 5) is 14.4. The molecule has 0 bridgehead atoms. The van der Waals surface area contributed by atoms with Crippen molar-refractivity contribution in [1.82, 2.24) is 14.7 Å². The molecule has 2 heterocycles. The zero-order chi connectivity index (χ0) is 16.2. The molecule has 1 aromatic carbocycles. The quantitative estimate of drug-likeness (QED) is 0.943. The number of nitrogens with one attached hydrogen (secondary N) is 1. The summed E-state index contributed by atoms with van der Waals surface area (Å²) >= 11 is 0. The minimum Gasteiger partial charge on any atom is -0.324 e. The van der Waals surface area contributed by atoms with E-state index in [0.717, 1.165) is 31.6 Å². The molecular formula is C18H24N4O. The predicted octanol–water partition coefficient (Wildman–Crippen LogP) is 3.47. The van der Waals surface area contributed by atoms with Crippen molar-refractivity contribution in [3.63, 3.8) is 0 Å². The van der Waals surface area contributed by atoms with Crippen LogP contribution in [-0.4, -0.2) is 33.8 Å². The number of anilines is 1. The van der Waals surface area contributed by atoms with Crippen LogP contribution in [0.3, 0.4) is 0 Å². The van der Waals surface area contributed by atoms with Gasteiger partial charge in [-0.3, -0.25) is 4.68 Å². The Bertz CT molecular complexity index is 652. The second-order valence-corrected chi connectivity index (χ2v) is 6.25. The van der Waals surface area contributed by atoms with Gasteiger partial charge in [-0.05, 0) is 23.8 Å². The van der Waals surface area contributed by atoms with Crippen molar-refractivity contribution in [2.75, 3.05) is 18.4 Å². The van der Waals surface area contributed by atoms with Gasteiger partial charge >= 0.3 is 6.03 Å². The summed E-state index contributed by atoms with van der Waals surface area (Å²) in [5, 5.41) is 7.02. The Balaban J connectivity index is 1.65. The number of likely N-dealkylation sites (tertiary alicyclic amines) is 1. The zero-order valence-electron chi connectivity index (χ0n) is 13.8. The maximum Gasteiger partial charge on any atom is 0.321 e. The molecule has 5 heteroatoms. The Kier molecular flexibility index (Phi) is 4.65. The van der Waals surface area contributed by atoms with Gasteiger partial charge in [-0.25, -0.2) is 4.79 Å². The van der Waals surface area contributed by atoms with Gasteiger partial charge in [0, 0.05) is 26.3 Å². The molecule has 1 aromatic heterocycles. The second kappa shape index (κ2) is 6.86. The minimum absolute atomic E-state index is 0.0250. The van der Waals surface area contributed by atoms with Crippen LogP contribution in [0, 0.1) is 5.92 Å². The standard InChI is InChI=1S/C18H24N4O/c1-3-14-12-22(18(23)20-16-11-19-21(2)13-16)10-9-17(14)15-7-5-4-6-8-15/h4-8,11,13-14,17H,3,9-10,12H2,1-2H3,(H,20,23)/t14-,17-/m0/s1. The Hall–Kier alpha value is -2.30. The first-order chi connectivity index (χ1) is 11.2. The van der Waals surface area contributed by atoms with Crippen molar-refractivity contribution < 1.29 is 4.79 Å². The van der Waals surface area contributed by atoms with Gasteiger partial charge in [0.15, 0.2) is 0 Å². The molecule has 2 amide bonds. The number of carbonyl (C=O) groups is 1. The van der Waals surface area contributed by atoms with E-state index in [-0.39, 0.29) is 6.03 Å². The highest BCUT2D eigenvalue weighted by molar-refractivity contribution is 5.89. The van der Waals surface area contributed by atoms with Gasteiger partial charge in [0.2, 0.25) is 0 Å². The van der Waals surface area contributed by atoms with Crippen LogP contribution in [0.5, 0.6) is 0 Å². The molecule has 0 spiro atoms. The van der Waals surface area contributed by atoms with E-state index in [1.807, 2.05) is 18.1 Å². The highest BCUT2D eigenvalue weighted by Gasteiger charge is 2.31. The summed E-state index contributed by atoms with van der Waals surface area (Å²) in [5.41, 5.74) is 2.14. The molecule has 1 aliphatic heterocycles. The summed E-state index contributed by atoms with van der Waals surface area (Å²) in [6, 6.07) is 10.6. The maximum absolute atomic E-state index is 12.5. The third-order valence-corrected chi connectivity index (χ3v) is 4.73. The van der Waals surface area contributed by atoms with E-state index in [1.165, 1.54) is 5.56 Å². The molecule has 122 valence electrons. The number of benzene rings is 1. The normalized spacial score (nSPS) is 21.2. The first-order valence-electron chi connectivity index (χ1n) is 8.27. The van der Waals surface area contributed by atoms with Gasteiger partial charge in [0.05, 0.1) is 11.9 Å². The van der Waals surface area contributed by atoms with Crippen molar-refractivity contribution in [3.8, 4) is 0 Å². The van der Waals surface area contributed by atoms with E-state index in [1.54, 1.807) is 10.9 Å². The molecule has 1 N–H and O–H groups in total. The SMILES string of the molecule is CC[C@H]1CN(C(=O)Nc2cnn(C)c2)CC[C@@H]1c1ccccc1. The highest BCUT2D eigenvalue weighted by atomic mass is 16.2. The fourth-order valence-corrected chi connectivity index (χ4v) is 3.46. The van der Waals surface area contributed by atoms with Crippen LogP contribution in [0.1, 0.15) is 31.2 Å². The van der Waals surface area contributed by atoms with E-state index in [2.05, 4.69) is 47.7 Å². The van der Waals surface area contributed by atoms with Crippen molar-refractivity contribution in [2.24, 2.45) is 13.0 Å². The molecule has 0 unspecified atom stereocenters. The lowest BCUT2D eigenvalue weighted by molar-refractivity contribution is 0.162. The van der Waals surface area contributed by atoms with Gasteiger partial charge in [0.1, 0.15) is 0 Å². The van der Waals surface area contributed by atoms with Gasteiger partial charge in [-0.15, -0.1) is 0 Å². The van der Waals surface area contributed by atoms with Gasteiger partial charge < -0.3 is 10.2 Å². The molecule has 1 aliphatic rings. The third-order valence-electron chi connectivity index (χ3n) is 4.73. The maximum atomic E-state index is 12.5. The lowest BCUT2D eigenvalue weighted by atomic mass is 9.79. The number of carbonyl (C=O) groups excluding carboxylic acids is 1. The number of nitrogens with zero attached hydrogens (tertiary/aromatic N) is 3. The van der Waals surface area contributed by atoms with Gasteiger partial charge in [-0.1, -0.05) is 43.7 Å². The molecule has 23 heavy (non-hydrogen) atoms. The van der Waals surface area contributed by atoms with Crippen molar-refractivity contribution >= 4 is 11.7 Å². The summed E-state index contributed by atoms with van der Waals surface area (Å²) in [6.07, 6.45) is 5.58. The largest absolute Gasteiger partial charge is 0.324 e. The number of urea groups is 1. The van der Waals surface area contributed by atoms with Gasteiger partial charge in [-0.2, -0.15) is 5.10 Å². The fraction of sp³-hybridized carbons (Fsp3) is 0.444. The molecule has 0 aliphatic carbocycles. The minimum atomic E-state index is -0.0250. The first kappa shape index (κ1) is 15.6. The van der Waals surface area contributed by atoms with E-state index in [4.69, 9.17) is 0 Å². The zero-order valence-corrected chi connectivity index (χ0v) is 13.8. The molecule has 2 atom stereocenters.